The number of rotatable bonds is 2. The summed E-state index contributed by atoms with van der Waals surface area (Å²) in [5, 5.41) is 6.79. The van der Waals surface area contributed by atoms with Gasteiger partial charge in [-0.3, -0.25) is 4.98 Å². The topological polar surface area (TPSA) is 61.5 Å². The zero-order valence-corrected chi connectivity index (χ0v) is 8.01. The lowest BCUT2D eigenvalue weighted by Gasteiger charge is -1.97. The van der Waals surface area contributed by atoms with E-state index in [0.29, 0.717) is 17.3 Å². The molecule has 0 atom stereocenters. The Kier molecular flexibility index (Phi) is 2.37. The second kappa shape index (κ2) is 3.67. The summed E-state index contributed by atoms with van der Waals surface area (Å²) < 4.78 is 0. The van der Waals surface area contributed by atoms with Gasteiger partial charge in [-0.2, -0.15) is 5.10 Å². The van der Waals surface area contributed by atoms with Crippen molar-refractivity contribution in [1.82, 2.24) is 15.2 Å². The Bertz CT molecular complexity index is 489. The van der Waals surface area contributed by atoms with Crippen LogP contribution >= 0.6 is 11.6 Å². The molecule has 0 saturated carbocycles. The van der Waals surface area contributed by atoms with Crippen LogP contribution < -0.4 is 5.69 Å². The van der Waals surface area contributed by atoms with Crippen molar-refractivity contribution in [2.75, 3.05) is 0 Å². The minimum Gasteiger partial charge on any atom is -0.293 e. The molecule has 0 bridgehead atoms. The third kappa shape index (κ3) is 2.03. The average Bonchev–Trinajstić information content (AvgIpc) is 2.51. The van der Waals surface area contributed by atoms with Gasteiger partial charge in [0.2, 0.25) is 0 Å². The molecule has 1 aromatic heterocycles. The second-order valence-electron chi connectivity index (χ2n) is 2.93. The highest BCUT2D eigenvalue weighted by molar-refractivity contribution is 6.30. The molecular formula is C9H8ClN3O. The average molecular weight is 210 g/mol. The highest BCUT2D eigenvalue weighted by atomic mass is 35.5. The molecule has 4 nitrogen and oxygen atoms in total. The molecule has 0 spiro atoms. The molecule has 72 valence electrons. The van der Waals surface area contributed by atoms with Crippen LogP contribution in [0.15, 0.2) is 29.1 Å². The predicted octanol–water partition coefficient (Wildman–Crippen LogP) is 1.34. The van der Waals surface area contributed by atoms with Crippen molar-refractivity contribution < 1.29 is 0 Å². The number of hydrogen-bond donors (Lipinski definition) is 2. The Balaban J connectivity index is 2.22. The summed E-state index contributed by atoms with van der Waals surface area (Å²) >= 11 is 5.82. The maximum absolute atomic E-state index is 10.7. The molecule has 2 N–H and O–H groups in total. The number of aromatic amines is 2. The molecule has 0 radical (unpaired) electrons. The van der Waals surface area contributed by atoms with Crippen molar-refractivity contribution in [2.24, 2.45) is 0 Å². The van der Waals surface area contributed by atoms with E-state index in [2.05, 4.69) is 15.2 Å². The van der Waals surface area contributed by atoms with Crippen molar-refractivity contribution >= 4 is 11.6 Å². The van der Waals surface area contributed by atoms with Crippen LogP contribution in [0.5, 0.6) is 0 Å². The lowest BCUT2D eigenvalue weighted by atomic mass is 10.1. The van der Waals surface area contributed by atoms with Gasteiger partial charge in [0.1, 0.15) is 5.82 Å². The number of aromatic nitrogens is 3. The van der Waals surface area contributed by atoms with Gasteiger partial charge in [0.05, 0.1) is 0 Å². The molecule has 0 aliphatic rings. The molecular weight excluding hydrogens is 202 g/mol. The summed E-state index contributed by atoms with van der Waals surface area (Å²) in [5.74, 6) is 0.609. The summed E-state index contributed by atoms with van der Waals surface area (Å²) in [4.78, 5) is 13.3. The van der Waals surface area contributed by atoms with Crippen LogP contribution in [0.3, 0.4) is 0 Å². The van der Waals surface area contributed by atoms with Gasteiger partial charge in [-0.15, -0.1) is 0 Å². The Morgan fingerprint density at radius 1 is 1.43 bits per heavy atom. The van der Waals surface area contributed by atoms with E-state index in [-0.39, 0.29) is 5.69 Å². The Hall–Kier alpha value is -1.55. The van der Waals surface area contributed by atoms with Gasteiger partial charge in [0, 0.05) is 11.4 Å². The molecule has 0 unspecified atom stereocenters. The summed E-state index contributed by atoms with van der Waals surface area (Å²) in [6, 6.07) is 7.44. The summed E-state index contributed by atoms with van der Waals surface area (Å²) in [5.41, 5.74) is 0.724. The highest BCUT2D eigenvalue weighted by Gasteiger charge is 2.00. The van der Waals surface area contributed by atoms with E-state index in [1.165, 1.54) is 0 Å². The smallest absolute Gasteiger partial charge is 0.293 e. The van der Waals surface area contributed by atoms with E-state index >= 15 is 0 Å². The predicted molar refractivity (Wildman–Crippen MR) is 53.5 cm³/mol. The van der Waals surface area contributed by atoms with E-state index in [9.17, 15) is 4.79 Å². The maximum atomic E-state index is 10.7. The van der Waals surface area contributed by atoms with Gasteiger partial charge in [0.25, 0.3) is 0 Å². The molecule has 1 aromatic carbocycles. The molecule has 0 fully saturated rings. The van der Waals surface area contributed by atoms with Crippen LogP contribution in [-0.4, -0.2) is 15.2 Å². The number of halogens is 1. The minimum absolute atomic E-state index is 0.290. The summed E-state index contributed by atoms with van der Waals surface area (Å²) in [6.45, 7) is 0. The summed E-state index contributed by atoms with van der Waals surface area (Å²) in [6.07, 6.45) is 0.569. The molecule has 2 rings (SSSR count). The van der Waals surface area contributed by atoms with Crippen LogP contribution in [0, 0.1) is 0 Å². The van der Waals surface area contributed by atoms with Gasteiger partial charge >= 0.3 is 5.69 Å². The van der Waals surface area contributed by atoms with Crippen LogP contribution in [-0.2, 0) is 6.42 Å². The van der Waals surface area contributed by atoms with Crippen LogP contribution in [0.25, 0.3) is 0 Å². The normalized spacial score (nSPS) is 10.4. The molecule has 0 amide bonds. The summed E-state index contributed by atoms with van der Waals surface area (Å²) in [7, 11) is 0. The van der Waals surface area contributed by atoms with E-state index in [0.717, 1.165) is 5.56 Å². The van der Waals surface area contributed by atoms with E-state index < -0.39 is 0 Å². The minimum atomic E-state index is -0.290. The number of H-pyrrole nitrogens is 2. The first-order valence-electron chi connectivity index (χ1n) is 4.12. The fourth-order valence-electron chi connectivity index (χ4n) is 1.23. The van der Waals surface area contributed by atoms with Crippen LogP contribution in [0.4, 0.5) is 0 Å². The van der Waals surface area contributed by atoms with Gasteiger partial charge in [-0.25, -0.2) is 9.89 Å². The first-order chi connectivity index (χ1) is 6.74. The molecule has 0 aliphatic carbocycles. The lowest BCUT2D eigenvalue weighted by molar-refractivity contribution is 0.970. The van der Waals surface area contributed by atoms with Gasteiger partial charge < -0.3 is 0 Å². The number of nitrogens with zero attached hydrogens (tertiary/aromatic N) is 1. The zero-order chi connectivity index (χ0) is 9.97. The fraction of sp³-hybridized carbons (Fsp3) is 0.111. The largest absolute Gasteiger partial charge is 0.340 e. The highest BCUT2D eigenvalue weighted by Crippen LogP contribution is 2.12. The monoisotopic (exact) mass is 209 g/mol. The van der Waals surface area contributed by atoms with Crippen LogP contribution in [0.2, 0.25) is 5.02 Å². The van der Waals surface area contributed by atoms with Gasteiger partial charge in [0.15, 0.2) is 0 Å². The van der Waals surface area contributed by atoms with E-state index in [1.807, 2.05) is 18.2 Å². The van der Waals surface area contributed by atoms with Crippen molar-refractivity contribution in [3.8, 4) is 0 Å². The molecule has 2 aromatic rings. The van der Waals surface area contributed by atoms with E-state index in [4.69, 9.17) is 11.6 Å². The molecule has 1 heterocycles. The Morgan fingerprint density at radius 2 is 2.29 bits per heavy atom. The third-order valence-corrected chi connectivity index (χ3v) is 2.05. The third-order valence-electron chi connectivity index (χ3n) is 1.81. The van der Waals surface area contributed by atoms with Gasteiger partial charge in [-0.1, -0.05) is 23.7 Å². The van der Waals surface area contributed by atoms with Crippen molar-refractivity contribution in [3.05, 3.63) is 51.2 Å². The van der Waals surface area contributed by atoms with Crippen LogP contribution in [0.1, 0.15) is 11.4 Å². The number of hydrogen-bond acceptors (Lipinski definition) is 2. The molecule has 0 saturated heterocycles. The first kappa shape index (κ1) is 9.02. The lowest BCUT2D eigenvalue weighted by Crippen LogP contribution is -2.01. The Labute approximate surface area is 84.9 Å². The first-order valence-corrected chi connectivity index (χ1v) is 4.50. The standard InChI is InChI=1S/C9H8ClN3O/c10-7-3-1-2-6(4-7)5-8-11-9(14)13-12-8/h1-4H,5H2,(H2,11,12,13,14). The zero-order valence-electron chi connectivity index (χ0n) is 7.25. The van der Waals surface area contributed by atoms with Gasteiger partial charge in [-0.05, 0) is 17.7 Å². The molecule has 0 aliphatic heterocycles. The van der Waals surface area contributed by atoms with Crippen molar-refractivity contribution in [1.29, 1.82) is 0 Å². The molecule has 5 heteroatoms. The SMILES string of the molecule is O=c1[nH]nc(Cc2cccc(Cl)c2)[nH]1. The Morgan fingerprint density at radius 3 is 2.93 bits per heavy atom. The quantitative estimate of drug-likeness (QED) is 0.784. The molecule has 14 heavy (non-hydrogen) atoms. The number of nitrogens with one attached hydrogen (secondary N) is 2. The number of benzene rings is 1. The van der Waals surface area contributed by atoms with Crippen molar-refractivity contribution in [3.63, 3.8) is 0 Å². The van der Waals surface area contributed by atoms with E-state index in [1.54, 1.807) is 6.07 Å². The maximum Gasteiger partial charge on any atom is 0.340 e. The van der Waals surface area contributed by atoms with Crippen molar-refractivity contribution in [2.45, 2.75) is 6.42 Å². The second-order valence-corrected chi connectivity index (χ2v) is 3.37. The fourth-order valence-corrected chi connectivity index (χ4v) is 1.44.